The third-order valence-corrected chi connectivity index (χ3v) is 2.33. The number of carbonyl (C=O) groups excluding carboxylic acids is 2. The van der Waals surface area contributed by atoms with Crippen molar-refractivity contribution in [3.63, 3.8) is 0 Å². The van der Waals surface area contributed by atoms with Crippen LogP contribution in [0.15, 0.2) is 12.7 Å². The minimum Gasteiger partial charge on any atom is -0.469 e. The van der Waals surface area contributed by atoms with Gasteiger partial charge in [-0.15, -0.1) is 6.58 Å². The maximum Gasteiger partial charge on any atom is 0.309 e. The Balaban J connectivity index is 0.000000293. The summed E-state index contributed by atoms with van der Waals surface area (Å²) in [5.41, 5.74) is 0. The van der Waals surface area contributed by atoms with Crippen molar-refractivity contribution in [1.29, 1.82) is 0 Å². The molecule has 1 fully saturated rings. The van der Waals surface area contributed by atoms with Crippen LogP contribution in [0.2, 0.25) is 0 Å². The highest BCUT2D eigenvalue weighted by molar-refractivity contribution is 5.76. The fraction of sp³-hybridized carbons (Fsp3) is 0.667. The van der Waals surface area contributed by atoms with Crippen molar-refractivity contribution >= 4 is 12.4 Å². The summed E-state index contributed by atoms with van der Waals surface area (Å²) in [4.78, 5) is 20.1. The molecule has 0 N–H and O–H groups in total. The van der Waals surface area contributed by atoms with E-state index in [4.69, 9.17) is 0 Å². The van der Waals surface area contributed by atoms with Crippen molar-refractivity contribution in [2.75, 3.05) is 13.7 Å². The number of methoxy groups -OCH3 is 1. The average Bonchev–Trinajstić information content (AvgIpc) is 3.09. The molecule has 0 amide bonds. The lowest BCUT2D eigenvalue weighted by Gasteiger charge is -1.92. The molecular formula is C12H20O4. The molecule has 4 heteroatoms. The van der Waals surface area contributed by atoms with Gasteiger partial charge in [-0.05, 0) is 18.8 Å². The molecule has 1 saturated carbocycles. The second-order valence-electron chi connectivity index (χ2n) is 3.59. The highest BCUT2D eigenvalue weighted by atomic mass is 16.5. The Kier molecular flexibility index (Phi) is 8.21. The molecule has 2 unspecified atom stereocenters. The van der Waals surface area contributed by atoms with Crippen LogP contribution in [0.25, 0.3) is 0 Å². The summed E-state index contributed by atoms with van der Waals surface area (Å²) in [7, 11) is 1.42. The molecule has 0 saturated heterocycles. The number of unbranched alkanes of at least 4 members (excludes halogenated alkanes) is 1. The number of esters is 1. The SMILES string of the molecule is C=CC1CC1C(=O)OC.CCCCOC=O. The lowest BCUT2D eigenvalue weighted by atomic mass is 10.3. The molecule has 16 heavy (non-hydrogen) atoms. The van der Waals surface area contributed by atoms with Gasteiger partial charge in [0.05, 0.1) is 19.6 Å². The fourth-order valence-corrected chi connectivity index (χ4v) is 1.17. The molecule has 0 bridgehead atoms. The molecule has 2 atom stereocenters. The van der Waals surface area contributed by atoms with Crippen LogP contribution >= 0.6 is 0 Å². The lowest BCUT2D eigenvalue weighted by Crippen LogP contribution is -2.03. The Morgan fingerprint density at radius 2 is 2.25 bits per heavy atom. The first-order chi connectivity index (χ1) is 7.71. The van der Waals surface area contributed by atoms with Crippen LogP contribution in [0.4, 0.5) is 0 Å². The maximum atomic E-state index is 10.7. The second-order valence-corrected chi connectivity index (χ2v) is 3.59. The van der Waals surface area contributed by atoms with Crippen molar-refractivity contribution in [3.8, 4) is 0 Å². The van der Waals surface area contributed by atoms with E-state index in [1.165, 1.54) is 7.11 Å². The zero-order valence-electron chi connectivity index (χ0n) is 9.98. The van der Waals surface area contributed by atoms with E-state index < -0.39 is 0 Å². The van der Waals surface area contributed by atoms with Crippen molar-refractivity contribution < 1.29 is 19.1 Å². The summed E-state index contributed by atoms with van der Waals surface area (Å²) >= 11 is 0. The van der Waals surface area contributed by atoms with E-state index in [9.17, 15) is 9.59 Å². The van der Waals surface area contributed by atoms with Gasteiger partial charge in [0.2, 0.25) is 0 Å². The van der Waals surface area contributed by atoms with Gasteiger partial charge in [0.25, 0.3) is 6.47 Å². The monoisotopic (exact) mass is 228 g/mol. The van der Waals surface area contributed by atoms with Crippen molar-refractivity contribution in [1.82, 2.24) is 0 Å². The number of allylic oxidation sites excluding steroid dienone is 1. The van der Waals surface area contributed by atoms with Crippen molar-refractivity contribution in [2.24, 2.45) is 11.8 Å². The molecule has 4 nitrogen and oxygen atoms in total. The lowest BCUT2D eigenvalue weighted by molar-refractivity contribution is -0.142. The molecule has 1 rings (SSSR count). The van der Waals surface area contributed by atoms with E-state index >= 15 is 0 Å². The van der Waals surface area contributed by atoms with E-state index in [0.717, 1.165) is 19.3 Å². The van der Waals surface area contributed by atoms with E-state index in [-0.39, 0.29) is 11.9 Å². The smallest absolute Gasteiger partial charge is 0.309 e. The second kappa shape index (κ2) is 8.95. The first-order valence-electron chi connectivity index (χ1n) is 5.46. The Morgan fingerprint density at radius 1 is 1.56 bits per heavy atom. The third-order valence-electron chi connectivity index (χ3n) is 2.33. The van der Waals surface area contributed by atoms with E-state index in [2.05, 4.69) is 16.1 Å². The molecule has 0 aromatic heterocycles. The highest BCUT2D eigenvalue weighted by Gasteiger charge is 2.41. The minimum absolute atomic E-state index is 0.0973. The summed E-state index contributed by atoms with van der Waals surface area (Å²) < 4.78 is 8.91. The number of hydrogen-bond donors (Lipinski definition) is 0. The molecule has 0 heterocycles. The third kappa shape index (κ3) is 6.22. The Hall–Kier alpha value is -1.32. The zero-order chi connectivity index (χ0) is 12.4. The Labute approximate surface area is 96.6 Å². The van der Waals surface area contributed by atoms with Crippen LogP contribution in [-0.4, -0.2) is 26.2 Å². The first-order valence-corrected chi connectivity index (χ1v) is 5.46. The normalized spacial score (nSPS) is 21.1. The van der Waals surface area contributed by atoms with Crippen LogP contribution in [-0.2, 0) is 19.1 Å². The van der Waals surface area contributed by atoms with Crippen molar-refractivity contribution in [2.45, 2.75) is 26.2 Å². The van der Waals surface area contributed by atoms with Crippen molar-refractivity contribution in [3.05, 3.63) is 12.7 Å². The largest absolute Gasteiger partial charge is 0.469 e. The summed E-state index contributed by atoms with van der Waals surface area (Å²) in [5.74, 6) is 0.407. The quantitative estimate of drug-likeness (QED) is 0.302. The molecule has 0 aromatic carbocycles. The summed E-state index contributed by atoms with van der Waals surface area (Å²) in [6.45, 7) is 6.68. The van der Waals surface area contributed by atoms with Crippen LogP contribution in [0.5, 0.6) is 0 Å². The zero-order valence-corrected chi connectivity index (χ0v) is 9.98. The number of carbonyl (C=O) groups is 2. The van der Waals surface area contributed by atoms with E-state index in [0.29, 0.717) is 19.0 Å². The molecule has 1 aliphatic carbocycles. The molecule has 1 aliphatic rings. The van der Waals surface area contributed by atoms with Gasteiger partial charge in [0, 0.05) is 0 Å². The van der Waals surface area contributed by atoms with Gasteiger partial charge >= 0.3 is 5.97 Å². The Morgan fingerprint density at radius 3 is 2.62 bits per heavy atom. The maximum absolute atomic E-state index is 10.7. The van der Waals surface area contributed by atoms with Crippen LogP contribution < -0.4 is 0 Å². The number of hydrogen-bond acceptors (Lipinski definition) is 4. The highest BCUT2D eigenvalue weighted by Crippen LogP contribution is 2.39. The van der Waals surface area contributed by atoms with Gasteiger partial charge < -0.3 is 9.47 Å². The molecule has 0 aliphatic heterocycles. The van der Waals surface area contributed by atoms with Gasteiger partial charge in [-0.3, -0.25) is 9.59 Å². The summed E-state index contributed by atoms with van der Waals surface area (Å²) in [6.07, 6.45) is 4.78. The molecule has 0 radical (unpaired) electrons. The molecule has 0 spiro atoms. The summed E-state index contributed by atoms with van der Waals surface area (Å²) in [6, 6.07) is 0. The van der Waals surface area contributed by atoms with E-state index in [1.807, 2.05) is 13.0 Å². The predicted molar refractivity (Wildman–Crippen MR) is 60.7 cm³/mol. The Bertz CT molecular complexity index is 225. The van der Waals surface area contributed by atoms with Crippen LogP contribution in [0, 0.1) is 11.8 Å². The van der Waals surface area contributed by atoms with E-state index in [1.54, 1.807) is 0 Å². The molecular weight excluding hydrogens is 208 g/mol. The van der Waals surface area contributed by atoms with Crippen LogP contribution in [0.3, 0.4) is 0 Å². The molecule has 0 aromatic rings. The predicted octanol–water partition coefficient (Wildman–Crippen LogP) is 1.94. The van der Waals surface area contributed by atoms with Gasteiger partial charge in [0.15, 0.2) is 0 Å². The van der Waals surface area contributed by atoms with Gasteiger partial charge in [-0.1, -0.05) is 19.4 Å². The van der Waals surface area contributed by atoms with Crippen LogP contribution in [0.1, 0.15) is 26.2 Å². The average molecular weight is 228 g/mol. The van der Waals surface area contributed by atoms with Gasteiger partial charge in [-0.2, -0.15) is 0 Å². The fourth-order valence-electron chi connectivity index (χ4n) is 1.17. The van der Waals surface area contributed by atoms with Gasteiger partial charge in [0.1, 0.15) is 0 Å². The topological polar surface area (TPSA) is 52.6 Å². The first kappa shape index (κ1) is 14.7. The summed E-state index contributed by atoms with van der Waals surface area (Å²) in [5, 5.41) is 0. The number of rotatable bonds is 6. The minimum atomic E-state index is -0.0973. The standard InChI is InChI=1S/C7H10O2.C5H10O2/c1-3-5-4-6(5)7(8)9-2;1-2-3-4-7-5-6/h3,5-6H,1,4H2,2H3;5H,2-4H2,1H3. The number of ether oxygens (including phenoxy) is 2. The van der Waals surface area contributed by atoms with Gasteiger partial charge in [-0.25, -0.2) is 0 Å². The molecule has 92 valence electrons.